The van der Waals surface area contributed by atoms with Crippen molar-refractivity contribution < 1.29 is 9.53 Å². The number of rotatable bonds is 8. The lowest BCUT2D eigenvalue weighted by Gasteiger charge is -2.32. The van der Waals surface area contributed by atoms with E-state index in [1.165, 1.54) is 69.5 Å². The summed E-state index contributed by atoms with van der Waals surface area (Å²) < 4.78 is 5.26. The molecule has 0 unspecified atom stereocenters. The summed E-state index contributed by atoms with van der Waals surface area (Å²) in [6.45, 7) is 7.02. The summed E-state index contributed by atoms with van der Waals surface area (Å²) in [5.41, 5.74) is 2.81. The van der Waals surface area contributed by atoms with E-state index in [1.807, 2.05) is 0 Å². The minimum atomic E-state index is 0.0907. The second-order valence-corrected chi connectivity index (χ2v) is 8.78. The number of hydrogen-bond donors (Lipinski definition) is 0. The molecular formula is C24H35N3O2. The largest absolute Gasteiger partial charge is 0.473 e. The van der Waals surface area contributed by atoms with Crippen molar-refractivity contribution in [3.05, 3.63) is 29.8 Å². The zero-order valence-corrected chi connectivity index (χ0v) is 17.7. The normalized spacial score (nSPS) is 21.1. The van der Waals surface area contributed by atoms with Gasteiger partial charge in [0.15, 0.2) is 0 Å². The molecule has 0 spiro atoms. The van der Waals surface area contributed by atoms with Crippen molar-refractivity contribution in [2.24, 2.45) is 10.9 Å². The van der Waals surface area contributed by atoms with Crippen LogP contribution in [-0.2, 0) is 16.1 Å². The van der Waals surface area contributed by atoms with Crippen molar-refractivity contribution in [3.8, 4) is 0 Å². The standard InChI is InChI=1S/C24H35N3O2/c28-23(24-25-13-18-29-24)6-4-5-20-11-16-26(17-12-20)19-21-7-9-22(10-8-21)27-14-2-1-3-15-27/h7-10,20H,1-6,11-19H2. The number of benzene rings is 1. The average Bonchev–Trinajstić information content (AvgIpc) is 3.31. The highest BCUT2D eigenvalue weighted by atomic mass is 16.5. The predicted molar refractivity (Wildman–Crippen MR) is 118 cm³/mol. The van der Waals surface area contributed by atoms with Crippen molar-refractivity contribution in [1.82, 2.24) is 4.90 Å². The van der Waals surface area contributed by atoms with Gasteiger partial charge in [0.25, 0.3) is 5.90 Å². The molecule has 0 aromatic heterocycles. The SMILES string of the molecule is O=C(CCCC1CCN(Cc2ccc(N3CCCCC3)cc2)CC1)C1=NCCO1. The highest BCUT2D eigenvalue weighted by molar-refractivity contribution is 6.36. The fourth-order valence-electron chi connectivity index (χ4n) is 4.82. The monoisotopic (exact) mass is 397 g/mol. The van der Waals surface area contributed by atoms with Crippen LogP contribution in [-0.4, -0.2) is 55.9 Å². The number of likely N-dealkylation sites (tertiary alicyclic amines) is 1. The van der Waals surface area contributed by atoms with Gasteiger partial charge in [0.2, 0.25) is 5.78 Å². The molecule has 0 saturated carbocycles. The van der Waals surface area contributed by atoms with Gasteiger partial charge in [-0.1, -0.05) is 12.1 Å². The lowest BCUT2D eigenvalue weighted by Crippen LogP contribution is -2.33. The fraction of sp³-hybridized carbons (Fsp3) is 0.667. The number of aliphatic imine (C=N–C) groups is 1. The summed E-state index contributed by atoms with van der Waals surface area (Å²) in [6.07, 6.45) is 9.23. The van der Waals surface area contributed by atoms with E-state index in [2.05, 4.69) is 39.1 Å². The van der Waals surface area contributed by atoms with Crippen LogP contribution in [0.15, 0.2) is 29.3 Å². The van der Waals surface area contributed by atoms with Gasteiger partial charge in [-0.15, -0.1) is 0 Å². The Morgan fingerprint density at radius 1 is 1.03 bits per heavy atom. The lowest BCUT2D eigenvalue weighted by atomic mass is 9.91. The van der Waals surface area contributed by atoms with E-state index < -0.39 is 0 Å². The van der Waals surface area contributed by atoms with Crippen molar-refractivity contribution in [2.75, 3.05) is 44.2 Å². The van der Waals surface area contributed by atoms with E-state index in [-0.39, 0.29) is 5.78 Å². The van der Waals surface area contributed by atoms with Gasteiger partial charge in [0.05, 0.1) is 6.54 Å². The van der Waals surface area contributed by atoms with Gasteiger partial charge >= 0.3 is 0 Å². The molecular weight excluding hydrogens is 362 g/mol. The zero-order valence-electron chi connectivity index (χ0n) is 17.7. The van der Waals surface area contributed by atoms with Crippen LogP contribution in [0.4, 0.5) is 5.69 Å². The highest BCUT2D eigenvalue weighted by Crippen LogP contribution is 2.25. The number of piperidine rings is 2. The number of nitrogens with zero attached hydrogens (tertiary/aromatic N) is 3. The molecule has 1 aromatic rings. The maximum atomic E-state index is 12.0. The molecule has 5 heteroatoms. The first kappa shape index (κ1) is 20.4. The molecule has 158 valence electrons. The fourth-order valence-corrected chi connectivity index (χ4v) is 4.82. The molecule has 0 aliphatic carbocycles. The molecule has 0 N–H and O–H groups in total. The maximum absolute atomic E-state index is 12.0. The van der Waals surface area contributed by atoms with Crippen molar-refractivity contribution >= 4 is 17.4 Å². The minimum Gasteiger partial charge on any atom is -0.473 e. The smallest absolute Gasteiger partial charge is 0.253 e. The molecule has 4 rings (SSSR count). The van der Waals surface area contributed by atoms with E-state index >= 15 is 0 Å². The van der Waals surface area contributed by atoms with Gasteiger partial charge in [-0.2, -0.15) is 0 Å². The Hall–Kier alpha value is -1.88. The van der Waals surface area contributed by atoms with E-state index in [9.17, 15) is 4.79 Å². The van der Waals surface area contributed by atoms with Crippen LogP contribution in [0.2, 0.25) is 0 Å². The van der Waals surface area contributed by atoms with Gasteiger partial charge < -0.3 is 9.64 Å². The molecule has 29 heavy (non-hydrogen) atoms. The van der Waals surface area contributed by atoms with E-state index in [0.29, 0.717) is 25.5 Å². The van der Waals surface area contributed by atoms with Crippen molar-refractivity contribution in [1.29, 1.82) is 0 Å². The molecule has 2 saturated heterocycles. The van der Waals surface area contributed by atoms with Crippen LogP contribution in [0.3, 0.4) is 0 Å². The Labute approximate surface area is 175 Å². The van der Waals surface area contributed by atoms with E-state index in [1.54, 1.807) is 0 Å². The Balaban J connectivity index is 1.15. The zero-order chi connectivity index (χ0) is 19.9. The van der Waals surface area contributed by atoms with Crippen LogP contribution in [0.1, 0.15) is 56.9 Å². The lowest BCUT2D eigenvalue weighted by molar-refractivity contribution is -0.114. The van der Waals surface area contributed by atoms with Gasteiger partial charge in [-0.05, 0) is 81.6 Å². The highest BCUT2D eigenvalue weighted by Gasteiger charge is 2.21. The summed E-state index contributed by atoms with van der Waals surface area (Å²) in [5, 5.41) is 0. The molecule has 0 amide bonds. The third-order valence-electron chi connectivity index (χ3n) is 6.61. The van der Waals surface area contributed by atoms with Crippen molar-refractivity contribution in [2.45, 2.75) is 57.9 Å². The maximum Gasteiger partial charge on any atom is 0.253 e. The number of hydrogen-bond acceptors (Lipinski definition) is 5. The van der Waals surface area contributed by atoms with Crippen molar-refractivity contribution in [3.63, 3.8) is 0 Å². The Kier molecular flexibility index (Phi) is 7.20. The van der Waals surface area contributed by atoms with Gasteiger partial charge in [0, 0.05) is 31.7 Å². The minimum absolute atomic E-state index is 0.0907. The number of ether oxygens (including phenoxy) is 1. The Bertz CT molecular complexity index is 687. The molecule has 3 aliphatic heterocycles. The molecule has 0 atom stereocenters. The average molecular weight is 398 g/mol. The molecule has 5 nitrogen and oxygen atoms in total. The third-order valence-corrected chi connectivity index (χ3v) is 6.61. The van der Waals surface area contributed by atoms with Gasteiger partial charge in [0.1, 0.15) is 6.61 Å². The Morgan fingerprint density at radius 3 is 2.48 bits per heavy atom. The summed E-state index contributed by atoms with van der Waals surface area (Å²) >= 11 is 0. The number of carbonyl (C=O) groups is 1. The second kappa shape index (κ2) is 10.2. The first-order valence-electron chi connectivity index (χ1n) is 11.5. The summed E-state index contributed by atoms with van der Waals surface area (Å²) in [5.74, 6) is 1.21. The first-order chi connectivity index (χ1) is 14.3. The summed E-state index contributed by atoms with van der Waals surface area (Å²) in [7, 11) is 0. The number of ketones is 1. The predicted octanol–water partition coefficient (Wildman–Crippen LogP) is 4.06. The Morgan fingerprint density at radius 2 is 1.79 bits per heavy atom. The number of carbonyl (C=O) groups excluding carboxylic acids is 1. The first-order valence-corrected chi connectivity index (χ1v) is 11.5. The van der Waals surface area contributed by atoms with E-state index in [4.69, 9.17) is 4.74 Å². The summed E-state index contributed by atoms with van der Waals surface area (Å²) in [4.78, 5) is 21.2. The van der Waals surface area contributed by atoms with Crippen LogP contribution >= 0.6 is 0 Å². The van der Waals surface area contributed by atoms with E-state index in [0.717, 1.165) is 25.3 Å². The molecule has 3 heterocycles. The van der Waals surface area contributed by atoms with Gasteiger partial charge in [-0.3, -0.25) is 9.69 Å². The van der Waals surface area contributed by atoms with Crippen LogP contribution < -0.4 is 4.90 Å². The molecule has 0 bridgehead atoms. The van der Waals surface area contributed by atoms with Crippen LogP contribution in [0.5, 0.6) is 0 Å². The second-order valence-electron chi connectivity index (χ2n) is 8.78. The topological polar surface area (TPSA) is 45.1 Å². The van der Waals surface area contributed by atoms with Crippen LogP contribution in [0, 0.1) is 5.92 Å². The number of anilines is 1. The summed E-state index contributed by atoms with van der Waals surface area (Å²) in [6, 6.07) is 9.25. The van der Waals surface area contributed by atoms with Crippen LogP contribution in [0.25, 0.3) is 0 Å². The molecule has 1 aromatic carbocycles. The third kappa shape index (κ3) is 5.81. The quantitative estimate of drug-likeness (QED) is 0.664. The number of Topliss-reactive ketones (excluding diaryl/α,β-unsaturated/α-hetero) is 1. The molecule has 2 fully saturated rings. The molecule has 0 radical (unpaired) electrons. The van der Waals surface area contributed by atoms with Gasteiger partial charge in [-0.25, -0.2) is 4.99 Å². The molecule has 3 aliphatic rings.